The maximum Gasteiger partial charge on any atom is 0.296 e. The predicted octanol–water partition coefficient (Wildman–Crippen LogP) is 5.35. The second kappa shape index (κ2) is 8.52. The zero-order chi connectivity index (χ0) is 24.0. The van der Waals surface area contributed by atoms with Crippen LogP contribution in [0.2, 0.25) is 0 Å². The van der Waals surface area contributed by atoms with E-state index in [2.05, 4.69) is 13.8 Å². The van der Waals surface area contributed by atoms with Gasteiger partial charge in [0.2, 0.25) is 0 Å². The van der Waals surface area contributed by atoms with Gasteiger partial charge in [-0.05, 0) is 59.9 Å². The minimum Gasteiger partial charge on any atom is -0.507 e. The molecule has 1 N–H and O–H groups in total. The normalized spacial score (nSPS) is 21.2. The van der Waals surface area contributed by atoms with Gasteiger partial charge in [0.25, 0.3) is 11.7 Å². The highest BCUT2D eigenvalue weighted by Gasteiger charge is 2.46. The van der Waals surface area contributed by atoms with E-state index in [0.717, 1.165) is 28.9 Å². The molecular formula is C28H27NO5. The molecule has 2 atom stereocenters. The average molecular weight is 458 g/mol. The van der Waals surface area contributed by atoms with Crippen LogP contribution in [-0.4, -0.2) is 27.8 Å². The largest absolute Gasteiger partial charge is 0.507 e. The lowest BCUT2D eigenvalue weighted by molar-refractivity contribution is -0.140. The number of ketones is 1. The molecule has 3 aromatic rings. The molecule has 6 nitrogen and oxygen atoms in total. The summed E-state index contributed by atoms with van der Waals surface area (Å²) in [5.74, 6) is 0.152. The summed E-state index contributed by atoms with van der Waals surface area (Å²) in [4.78, 5) is 27.8. The Bertz CT molecular complexity index is 1270. The summed E-state index contributed by atoms with van der Waals surface area (Å²) in [5, 5.41) is 11.3. The summed E-state index contributed by atoms with van der Waals surface area (Å²) in [6.45, 7) is 6.33. The van der Waals surface area contributed by atoms with Crippen LogP contribution in [0.4, 0.5) is 0 Å². The molecular weight excluding hydrogens is 430 g/mol. The van der Waals surface area contributed by atoms with Crippen LogP contribution in [0.25, 0.3) is 5.76 Å². The first-order valence-corrected chi connectivity index (χ1v) is 11.5. The Balaban J connectivity index is 1.62. The lowest BCUT2D eigenvalue weighted by atomic mass is 9.92. The van der Waals surface area contributed by atoms with Crippen molar-refractivity contribution in [1.82, 2.24) is 4.90 Å². The van der Waals surface area contributed by atoms with Crippen LogP contribution in [-0.2, 0) is 22.6 Å². The highest BCUT2D eigenvalue weighted by atomic mass is 16.5. The molecule has 1 amide bonds. The van der Waals surface area contributed by atoms with Crippen molar-refractivity contribution in [3.63, 3.8) is 0 Å². The molecule has 0 bridgehead atoms. The fraction of sp³-hybridized carbons (Fsp3) is 0.286. The number of aliphatic hydroxyl groups excluding tert-OH is 1. The number of nitrogens with zero attached hydrogens (tertiary/aromatic N) is 1. The molecule has 3 heterocycles. The maximum atomic E-state index is 13.2. The van der Waals surface area contributed by atoms with Gasteiger partial charge in [0.1, 0.15) is 23.4 Å². The van der Waals surface area contributed by atoms with E-state index >= 15 is 0 Å². The topological polar surface area (TPSA) is 80.0 Å². The van der Waals surface area contributed by atoms with Crippen LogP contribution >= 0.6 is 0 Å². The van der Waals surface area contributed by atoms with E-state index in [9.17, 15) is 14.7 Å². The first kappa shape index (κ1) is 22.0. The third-order valence-electron chi connectivity index (χ3n) is 6.53. The Hall–Kier alpha value is -3.80. The number of carbonyl (C=O) groups excluding carboxylic acids is 2. The molecule has 2 unspecified atom stereocenters. The number of rotatable bonds is 5. The Morgan fingerprint density at radius 1 is 1.12 bits per heavy atom. The summed E-state index contributed by atoms with van der Waals surface area (Å²) >= 11 is 0. The van der Waals surface area contributed by atoms with Gasteiger partial charge >= 0.3 is 0 Å². The molecule has 2 aromatic carbocycles. The first-order valence-electron chi connectivity index (χ1n) is 11.5. The summed E-state index contributed by atoms with van der Waals surface area (Å²) in [5.41, 5.74) is 3.46. The van der Waals surface area contributed by atoms with E-state index in [0.29, 0.717) is 17.2 Å². The van der Waals surface area contributed by atoms with Crippen LogP contribution < -0.4 is 4.74 Å². The van der Waals surface area contributed by atoms with E-state index in [4.69, 9.17) is 9.15 Å². The van der Waals surface area contributed by atoms with Gasteiger partial charge in [-0.15, -0.1) is 0 Å². The van der Waals surface area contributed by atoms with Crippen LogP contribution in [0.1, 0.15) is 60.7 Å². The molecule has 6 heteroatoms. The molecule has 0 saturated carbocycles. The van der Waals surface area contributed by atoms with Crippen molar-refractivity contribution in [2.45, 2.75) is 51.8 Å². The lowest BCUT2D eigenvalue weighted by Gasteiger charge is -2.25. The van der Waals surface area contributed by atoms with E-state index < -0.39 is 17.7 Å². The molecule has 34 heavy (non-hydrogen) atoms. The Morgan fingerprint density at radius 3 is 2.56 bits per heavy atom. The summed E-state index contributed by atoms with van der Waals surface area (Å²) in [7, 11) is 0. The summed E-state index contributed by atoms with van der Waals surface area (Å²) in [6, 6.07) is 16.0. The lowest BCUT2D eigenvalue weighted by Crippen LogP contribution is -2.29. The van der Waals surface area contributed by atoms with Gasteiger partial charge in [0.15, 0.2) is 0 Å². The standard InChI is InChI=1S/C28H27NO5/c1-16(2)18-6-8-19(9-7-18)25-24(27(31)28(32)29(25)15-22-5-4-12-33-22)26(30)20-10-11-23-21(14-20)13-17(3)34-23/h4-12,14,16-17,25,30H,13,15H2,1-3H3/b26-24+. The number of hydrogen-bond donors (Lipinski definition) is 1. The van der Waals surface area contributed by atoms with Crippen LogP contribution in [0.3, 0.4) is 0 Å². The number of benzene rings is 2. The minimum atomic E-state index is -0.727. The molecule has 2 aliphatic heterocycles. The molecule has 0 radical (unpaired) electrons. The second-order valence-corrected chi connectivity index (χ2v) is 9.28. The number of fused-ring (bicyclic) bond motifs is 1. The molecule has 0 aliphatic carbocycles. The van der Waals surface area contributed by atoms with Gasteiger partial charge in [0.05, 0.1) is 24.4 Å². The van der Waals surface area contributed by atoms with Gasteiger partial charge in [-0.25, -0.2) is 0 Å². The zero-order valence-electron chi connectivity index (χ0n) is 19.4. The fourth-order valence-corrected chi connectivity index (χ4v) is 4.75. The highest BCUT2D eigenvalue weighted by molar-refractivity contribution is 6.46. The zero-order valence-corrected chi connectivity index (χ0v) is 19.4. The molecule has 174 valence electrons. The number of carbonyl (C=O) groups is 2. The third kappa shape index (κ3) is 3.79. The first-order chi connectivity index (χ1) is 16.3. The number of aliphatic hydroxyl groups is 1. The quantitative estimate of drug-likeness (QED) is 0.317. The Morgan fingerprint density at radius 2 is 1.88 bits per heavy atom. The van der Waals surface area contributed by atoms with E-state index in [1.807, 2.05) is 37.3 Å². The summed E-state index contributed by atoms with van der Waals surface area (Å²) < 4.78 is 11.2. The van der Waals surface area contributed by atoms with E-state index in [-0.39, 0.29) is 24.0 Å². The smallest absolute Gasteiger partial charge is 0.296 e. The van der Waals surface area contributed by atoms with Crippen LogP contribution in [0.5, 0.6) is 5.75 Å². The third-order valence-corrected chi connectivity index (χ3v) is 6.53. The second-order valence-electron chi connectivity index (χ2n) is 9.28. The number of hydrogen-bond acceptors (Lipinski definition) is 5. The highest BCUT2D eigenvalue weighted by Crippen LogP contribution is 2.41. The van der Waals surface area contributed by atoms with Gasteiger partial charge < -0.3 is 19.2 Å². The molecule has 0 spiro atoms. The molecule has 1 saturated heterocycles. The van der Waals surface area contributed by atoms with Crippen molar-refractivity contribution >= 4 is 17.4 Å². The van der Waals surface area contributed by atoms with E-state index in [1.54, 1.807) is 24.3 Å². The number of ether oxygens (including phenoxy) is 1. The van der Waals surface area contributed by atoms with Crippen molar-refractivity contribution in [1.29, 1.82) is 0 Å². The van der Waals surface area contributed by atoms with Gasteiger partial charge in [-0.1, -0.05) is 38.1 Å². The number of amides is 1. The maximum absolute atomic E-state index is 13.2. The van der Waals surface area contributed by atoms with Crippen molar-refractivity contribution in [2.75, 3.05) is 0 Å². The van der Waals surface area contributed by atoms with Crippen molar-refractivity contribution < 1.29 is 23.8 Å². The van der Waals surface area contributed by atoms with Gasteiger partial charge in [-0.2, -0.15) is 0 Å². The fourth-order valence-electron chi connectivity index (χ4n) is 4.75. The van der Waals surface area contributed by atoms with Gasteiger partial charge in [-0.3, -0.25) is 9.59 Å². The molecule has 1 fully saturated rings. The number of Topliss-reactive ketones (excluding diaryl/α,β-unsaturated/α-hetero) is 1. The monoisotopic (exact) mass is 457 g/mol. The molecule has 5 rings (SSSR count). The molecule has 2 aliphatic rings. The SMILES string of the molecule is CC1Cc2cc(/C(O)=C3\C(=O)C(=O)N(Cc4ccco4)C3c3ccc(C(C)C)cc3)ccc2O1. The Kier molecular flexibility index (Phi) is 5.52. The minimum absolute atomic E-state index is 0.0609. The van der Waals surface area contributed by atoms with Crippen LogP contribution in [0, 0.1) is 0 Å². The molecule has 1 aromatic heterocycles. The van der Waals surface area contributed by atoms with Crippen LogP contribution in [0.15, 0.2) is 70.9 Å². The summed E-state index contributed by atoms with van der Waals surface area (Å²) in [6.07, 6.45) is 2.32. The average Bonchev–Trinajstić information content (AvgIpc) is 3.53. The number of likely N-dealkylation sites (tertiary alicyclic amines) is 1. The van der Waals surface area contributed by atoms with E-state index in [1.165, 1.54) is 11.2 Å². The Labute approximate surface area is 198 Å². The van der Waals surface area contributed by atoms with Crippen molar-refractivity contribution in [3.8, 4) is 5.75 Å². The number of furan rings is 1. The van der Waals surface area contributed by atoms with Crippen molar-refractivity contribution in [2.24, 2.45) is 0 Å². The van der Waals surface area contributed by atoms with Gasteiger partial charge in [0, 0.05) is 12.0 Å². The predicted molar refractivity (Wildman–Crippen MR) is 127 cm³/mol. The van der Waals surface area contributed by atoms with Crippen molar-refractivity contribution in [3.05, 3.63) is 94.4 Å².